The molecule has 47 heavy (non-hydrogen) atoms. The topological polar surface area (TPSA) is 105 Å². The highest BCUT2D eigenvalue weighted by molar-refractivity contribution is 7.89. The molecular weight excluding hydrogens is 617 g/mol. The number of nitrogens with one attached hydrogen (secondary N) is 2. The molecule has 1 saturated carbocycles. The zero-order valence-corrected chi connectivity index (χ0v) is 27.2. The van der Waals surface area contributed by atoms with E-state index in [2.05, 4.69) is 10.0 Å². The van der Waals surface area contributed by atoms with Crippen LogP contribution >= 0.6 is 0 Å². The zero-order chi connectivity index (χ0) is 33.2. The first-order chi connectivity index (χ1) is 22.7. The van der Waals surface area contributed by atoms with Gasteiger partial charge < -0.3 is 15.0 Å². The summed E-state index contributed by atoms with van der Waals surface area (Å²) in [5.41, 5.74) is 3.43. The molecule has 1 aliphatic rings. The number of hydrogen-bond donors (Lipinski definition) is 2. The van der Waals surface area contributed by atoms with Gasteiger partial charge in [0.1, 0.15) is 17.6 Å². The standard InChI is InChI=1S/C37H40FN3O5S/c1-46-33-18-9-28(10-19-33)23-24-39-37(43)35(25-29-5-3-2-4-6-29)41(26-30-7-14-31(38)15-8-30)36(42)22-13-27-11-20-34(21-12-27)47(44,45)40-32-16-17-32/h2-12,14-15,18-21,32,35,40H,13,16-17,22-26H2,1H3,(H,39,43)/t35-/m1/s1. The van der Waals surface area contributed by atoms with Gasteiger partial charge in [-0.15, -0.1) is 0 Å². The minimum absolute atomic E-state index is 0.00728. The Morgan fingerprint density at radius 3 is 2.09 bits per heavy atom. The van der Waals surface area contributed by atoms with Crippen LogP contribution in [0.4, 0.5) is 4.39 Å². The molecule has 8 nitrogen and oxygen atoms in total. The Labute approximate surface area is 276 Å². The van der Waals surface area contributed by atoms with Crippen molar-refractivity contribution in [3.05, 3.63) is 131 Å². The maximum Gasteiger partial charge on any atom is 0.243 e. The van der Waals surface area contributed by atoms with Crippen molar-refractivity contribution in [3.63, 3.8) is 0 Å². The minimum Gasteiger partial charge on any atom is -0.497 e. The van der Waals surface area contributed by atoms with E-state index in [-0.39, 0.29) is 41.5 Å². The van der Waals surface area contributed by atoms with E-state index in [1.54, 1.807) is 48.4 Å². The van der Waals surface area contributed by atoms with Crippen LogP contribution in [0.15, 0.2) is 108 Å². The predicted molar refractivity (Wildman–Crippen MR) is 179 cm³/mol. The second-order valence-corrected chi connectivity index (χ2v) is 13.5. The molecule has 1 aliphatic carbocycles. The van der Waals surface area contributed by atoms with Gasteiger partial charge in [-0.1, -0.05) is 66.7 Å². The average molecular weight is 658 g/mol. The molecule has 1 fully saturated rings. The zero-order valence-electron chi connectivity index (χ0n) is 26.4. The number of ether oxygens (including phenoxy) is 1. The lowest BCUT2D eigenvalue weighted by Gasteiger charge is -2.32. The van der Waals surface area contributed by atoms with Gasteiger partial charge in [-0.25, -0.2) is 17.5 Å². The molecule has 0 spiro atoms. The van der Waals surface area contributed by atoms with Crippen LogP contribution in [0.3, 0.4) is 0 Å². The Hall–Kier alpha value is -4.54. The SMILES string of the molecule is COc1ccc(CCNC(=O)[C@@H](Cc2ccccc2)N(Cc2ccc(F)cc2)C(=O)CCc2ccc(S(=O)(=O)NC3CC3)cc2)cc1. The van der Waals surface area contributed by atoms with Gasteiger partial charge in [0.2, 0.25) is 21.8 Å². The van der Waals surface area contributed by atoms with Gasteiger partial charge in [0.15, 0.2) is 0 Å². The Kier molecular flexibility index (Phi) is 11.4. The van der Waals surface area contributed by atoms with Crippen LogP contribution in [0.5, 0.6) is 5.75 Å². The van der Waals surface area contributed by atoms with E-state index >= 15 is 0 Å². The van der Waals surface area contributed by atoms with Gasteiger partial charge in [0.05, 0.1) is 12.0 Å². The lowest BCUT2D eigenvalue weighted by molar-refractivity contribution is -0.141. The van der Waals surface area contributed by atoms with Gasteiger partial charge in [0, 0.05) is 32.0 Å². The molecule has 246 valence electrons. The number of benzene rings is 4. The van der Waals surface area contributed by atoms with Crippen molar-refractivity contribution in [2.24, 2.45) is 0 Å². The highest BCUT2D eigenvalue weighted by Crippen LogP contribution is 2.23. The average Bonchev–Trinajstić information content (AvgIpc) is 3.90. The lowest BCUT2D eigenvalue weighted by atomic mass is 10.0. The summed E-state index contributed by atoms with van der Waals surface area (Å²) < 4.78 is 46.8. The molecule has 0 aliphatic heterocycles. The number of halogens is 1. The number of aryl methyl sites for hydroxylation is 1. The number of hydrogen-bond acceptors (Lipinski definition) is 5. The van der Waals surface area contributed by atoms with Crippen LogP contribution in [-0.2, 0) is 45.4 Å². The van der Waals surface area contributed by atoms with Gasteiger partial charge in [-0.05, 0) is 84.3 Å². The molecule has 2 N–H and O–H groups in total. The summed E-state index contributed by atoms with van der Waals surface area (Å²) >= 11 is 0. The summed E-state index contributed by atoms with van der Waals surface area (Å²) in [6, 6.07) is 28.8. The molecule has 10 heteroatoms. The fourth-order valence-corrected chi connectivity index (χ4v) is 6.60. The Balaban J connectivity index is 1.33. The predicted octanol–water partition coefficient (Wildman–Crippen LogP) is 5.21. The van der Waals surface area contributed by atoms with Gasteiger partial charge in [0.25, 0.3) is 0 Å². The van der Waals surface area contributed by atoms with Gasteiger partial charge in [-0.2, -0.15) is 0 Å². The maximum absolute atomic E-state index is 14.0. The van der Waals surface area contributed by atoms with Crippen LogP contribution < -0.4 is 14.8 Å². The molecule has 0 bridgehead atoms. The van der Waals surface area contributed by atoms with Crippen LogP contribution in [0.25, 0.3) is 0 Å². The van der Waals surface area contributed by atoms with Crippen molar-refractivity contribution < 1.29 is 27.1 Å². The van der Waals surface area contributed by atoms with Gasteiger partial charge >= 0.3 is 0 Å². The number of carbonyl (C=O) groups excluding carboxylic acids is 2. The summed E-state index contributed by atoms with van der Waals surface area (Å²) in [7, 11) is -1.97. The van der Waals surface area contributed by atoms with E-state index in [0.717, 1.165) is 35.3 Å². The van der Waals surface area contributed by atoms with Gasteiger partial charge in [-0.3, -0.25) is 9.59 Å². The number of carbonyl (C=O) groups is 2. The smallest absolute Gasteiger partial charge is 0.243 e. The van der Waals surface area contributed by atoms with Crippen molar-refractivity contribution in [1.82, 2.24) is 14.9 Å². The number of nitrogens with zero attached hydrogens (tertiary/aromatic N) is 1. The molecule has 5 rings (SSSR count). The summed E-state index contributed by atoms with van der Waals surface area (Å²) in [5.74, 6) is -0.160. The molecule has 0 saturated heterocycles. The molecule has 4 aromatic carbocycles. The fourth-order valence-electron chi connectivity index (χ4n) is 5.30. The Morgan fingerprint density at radius 1 is 0.830 bits per heavy atom. The second-order valence-electron chi connectivity index (χ2n) is 11.8. The monoisotopic (exact) mass is 657 g/mol. The Morgan fingerprint density at radius 2 is 1.45 bits per heavy atom. The van der Waals surface area contributed by atoms with E-state index in [0.29, 0.717) is 31.4 Å². The molecule has 4 aromatic rings. The number of amides is 2. The highest BCUT2D eigenvalue weighted by Gasteiger charge is 2.31. The van der Waals surface area contributed by atoms with Crippen molar-refractivity contribution in [2.75, 3.05) is 13.7 Å². The van der Waals surface area contributed by atoms with Crippen LogP contribution in [0.1, 0.15) is 41.5 Å². The number of rotatable bonds is 16. The van der Waals surface area contributed by atoms with Crippen molar-refractivity contribution >= 4 is 21.8 Å². The summed E-state index contributed by atoms with van der Waals surface area (Å²) in [5, 5.41) is 3.04. The third-order valence-corrected chi connectivity index (χ3v) is 9.71. The number of methoxy groups -OCH3 is 1. The normalized spacial score (nSPS) is 13.5. The molecule has 2 amide bonds. The summed E-state index contributed by atoms with van der Waals surface area (Å²) in [6.07, 6.45) is 3.04. The van der Waals surface area contributed by atoms with Crippen LogP contribution in [0.2, 0.25) is 0 Å². The number of sulfonamides is 1. The maximum atomic E-state index is 14.0. The molecular formula is C37H40FN3O5S. The van der Waals surface area contributed by atoms with E-state index in [4.69, 9.17) is 4.74 Å². The molecule has 0 heterocycles. The summed E-state index contributed by atoms with van der Waals surface area (Å²) in [4.78, 5) is 29.6. The third kappa shape index (κ3) is 9.97. The fraction of sp³-hybridized carbons (Fsp3) is 0.297. The Bertz CT molecular complexity index is 1730. The minimum atomic E-state index is -3.58. The van der Waals surface area contributed by atoms with E-state index < -0.39 is 16.1 Å². The van der Waals surface area contributed by atoms with Crippen LogP contribution in [-0.4, -0.2) is 50.9 Å². The van der Waals surface area contributed by atoms with E-state index in [9.17, 15) is 22.4 Å². The largest absolute Gasteiger partial charge is 0.497 e. The second kappa shape index (κ2) is 15.8. The first-order valence-corrected chi connectivity index (χ1v) is 17.3. The molecule has 0 unspecified atom stereocenters. The third-order valence-electron chi connectivity index (χ3n) is 8.17. The van der Waals surface area contributed by atoms with E-state index in [1.165, 1.54) is 12.1 Å². The summed E-state index contributed by atoms with van der Waals surface area (Å²) in [6.45, 7) is 0.492. The first-order valence-electron chi connectivity index (χ1n) is 15.8. The molecule has 0 radical (unpaired) electrons. The quantitative estimate of drug-likeness (QED) is 0.172. The van der Waals surface area contributed by atoms with Crippen molar-refractivity contribution in [1.29, 1.82) is 0 Å². The van der Waals surface area contributed by atoms with E-state index in [1.807, 2.05) is 54.6 Å². The highest BCUT2D eigenvalue weighted by atomic mass is 32.2. The van der Waals surface area contributed by atoms with Crippen LogP contribution in [0, 0.1) is 5.82 Å². The van der Waals surface area contributed by atoms with Crippen molar-refractivity contribution in [2.45, 2.75) is 62.0 Å². The molecule has 0 aromatic heterocycles. The lowest BCUT2D eigenvalue weighted by Crippen LogP contribution is -2.50. The molecule has 1 atom stereocenters. The first kappa shape index (κ1) is 33.8. The van der Waals surface area contributed by atoms with Crippen molar-refractivity contribution in [3.8, 4) is 5.75 Å².